The van der Waals surface area contributed by atoms with Crippen LogP contribution >= 0.6 is 15.9 Å². The summed E-state index contributed by atoms with van der Waals surface area (Å²) in [6, 6.07) is 7.96. The van der Waals surface area contributed by atoms with E-state index in [9.17, 15) is 0 Å². The summed E-state index contributed by atoms with van der Waals surface area (Å²) in [5, 5.41) is 8.80. The van der Waals surface area contributed by atoms with Crippen LogP contribution in [0.15, 0.2) is 22.7 Å². The molecular formula is C14H17BrN2O. The van der Waals surface area contributed by atoms with E-state index in [1.807, 2.05) is 6.07 Å². The van der Waals surface area contributed by atoms with Crippen molar-refractivity contribution in [3.05, 3.63) is 28.2 Å². The molecule has 0 spiro atoms. The first-order valence-electron chi connectivity index (χ1n) is 6.27. The molecule has 1 aliphatic heterocycles. The quantitative estimate of drug-likeness (QED) is 0.857. The highest BCUT2D eigenvalue weighted by Gasteiger charge is 2.18. The lowest BCUT2D eigenvalue weighted by Crippen LogP contribution is -2.34. The number of hydrogen-bond donors (Lipinski definition) is 0. The van der Waals surface area contributed by atoms with Crippen molar-refractivity contribution >= 4 is 15.9 Å². The Kier molecular flexibility index (Phi) is 4.62. The van der Waals surface area contributed by atoms with E-state index < -0.39 is 0 Å². The fourth-order valence-electron chi connectivity index (χ4n) is 2.19. The molecule has 4 heteroatoms. The molecule has 0 N–H and O–H groups in total. The lowest BCUT2D eigenvalue weighted by molar-refractivity contribution is 0.172. The zero-order valence-corrected chi connectivity index (χ0v) is 12.1. The van der Waals surface area contributed by atoms with E-state index in [1.165, 1.54) is 25.9 Å². The Labute approximate surface area is 116 Å². The van der Waals surface area contributed by atoms with Crippen LogP contribution in [0.1, 0.15) is 25.3 Å². The molecular weight excluding hydrogens is 292 g/mol. The van der Waals surface area contributed by atoms with Gasteiger partial charge in [0.25, 0.3) is 0 Å². The maximum atomic E-state index is 8.80. The van der Waals surface area contributed by atoms with Gasteiger partial charge in [0.05, 0.1) is 16.1 Å². The molecule has 1 fully saturated rings. The van der Waals surface area contributed by atoms with Crippen molar-refractivity contribution in [3.8, 4) is 11.8 Å². The summed E-state index contributed by atoms with van der Waals surface area (Å²) in [7, 11) is 0. The standard InChI is InChI=1S/C14H17BrN2O/c1-11(17-6-2-3-7-17)10-18-14-5-4-12(9-16)8-13(14)15/h4-5,8,11H,2-3,6-7,10H2,1H3. The maximum absolute atomic E-state index is 8.80. The topological polar surface area (TPSA) is 36.3 Å². The highest BCUT2D eigenvalue weighted by atomic mass is 79.9. The van der Waals surface area contributed by atoms with Crippen LogP contribution in [-0.2, 0) is 0 Å². The van der Waals surface area contributed by atoms with Gasteiger partial charge in [0.2, 0.25) is 0 Å². The molecule has 2 rings (SSSR count). The van der Waals surface area contributed by atoms with Crippen molar-refractivity contribution < 1.29 is 4.74 Å². The first kappa shape index (κ1) is 13.4. The van der Waals surface area contributed by atoms with Crippen molar-refractivity contribution in [1.82, 2.24) is 4.90 Å². The van der Waals surface area contributed by atoms with Gasteiger partial charge in [-0.2, -0.15) is 5.26 Å². The van der Waals surface area contributed by atoms with Gasteiger partial charge in [0.1, 0.15) is 12.4 Å². The van der Waals surface area contributed by atoms with Crippen LogP contribution in [0.5, 0.6) is 5.75 Å². The van der Waals surface area contributed by atoms with Crippen molar-refractivity contribution in [1.29, 1.82) is 5.26 Å². The van der Waals surface area contributed by atoms with Crippen molar-refractivity contribution in [2.45, 2.75) is 25.8 Å². The average molecular weight is 309 g/mol. The Balaban J connectivity index is 1.91. The second kappa shape index (κ2) is 6.21. The zero-order chi connectivity index (χ0) is 13.0. The predicted molar refractivity (Wildman–Crippen MR) is 74.6 cm³/mol. The highest BCUT2D eigenvalue weighted by molar-refractivity contribution is 9.10. The Hall–Kier alpha value is -1.05. The normalized spacial score (nSPS) is 17.4. The van der Waals surface area contributed by atoms with Gasteiger partial charge in [-0.15, -0.1) is 0 Å². The summed E-state index contributed by atoms with van der Waals surface area (Å²) in [5.74, 6) is 0.806. The Bertz CT molecular complexity index is 450. The number of rotatable bonds is 4. The monoisotopic (exact) mass is 308 g/mol. The minimum atomic E-state index is 0.440. The first-order chi connectivity index (χ1) is 8.70. The molecule has 0 amide bonds. The van der Waals surface area contributed by atoms with Crippen LogP contribution in [0.25, 0.3) is 0 Å². The molecule has 0 saturated carbocycles. The SMILES string of the molecule is CC(COc1ccc(C#N)cc1Br)N1CCCC1. The third kappa shape index (κ3) is 3.24. The Morgan fingerprint density at radius 2 is 2.17 bits per heavy atom. The number of hydrogen-bond acceptors (Lipinski definition) is 3. The van der Waals surface area contributed by atoms with Crippen LogP contribution in [0.3, 0.4) is 0 Å². The van der Waals surface area contributed by atoms with Gasteiger partial charge in [0.15, 0.2) is 0 Å². The maximum Gasteiger partial charge on any atom is 0.133 e. The first-order valence-corrected chi connectivity index (χ1v) is 7.06. The minimum Gasteiger partial charge on any atom is -0.491 e. The van der Waals surface area contributed by atoms with Crippen molar-refractivity contribution in [2.24, 2.45) is 0 Å². The molecule has 0 bridgehead atoms. The molecule has 1 heterocycles. The van der Waals surface area contributed by atoms with Gasteiger partial charge in [0, 0.05) is 6.04 Å². The molecule has 3 nitrogen and oxygen atoms in total. The Morgan fingerprint density at radius 3 is 2.78 bits per heavy atom. The van der Waals surface area contributed by atoms with Gasteiger partial charge in [-0.1, -0.05) is 0 Å². The van der Waals surface area contributed by atoms with Gasteiger partial charge in [-0.05, 0) is 67.0 Å². The second-order valence-corrected chi connectivity index (χ2v) is 5.51. The summed E-state index contributed by atoms with van der Waals surface area (Å²) in [5.41, 5.74) is 0.641. The van der Waals surface area contributed by atoms with E-state index in [0.29, 0.717) is 18.2 Å². The van der Waals surface area contributed by atoms with Crippen LogP contribution in [-0.4, -0.2) is 30.6 Å². The van der Waals surface area contributed by atoms with Gasteiger partial charge in [-0.3, -0.25) is 4.90 Å². The molecule has 0 aromatic heterocycles. The molecule has 18 heavy (non-hydrogen) atoms. The van der Waals surface area contributed by atoms with Crippen molar-refractivity contribution in [3.63, 3.8) is 0 Å². The highest BCUT2D eigenvalue weighted by Crippen LogP contribution is 2.26. The van der Waals surface area contributed by atoms with Gasteiger partial charge < -0.3 is 4.74 Å². The molecule has 0 radical (unpaired) electrons. The zero-order valence-electron chi connectivity index (χ0n) is 10.5. The van der Waals surface area contributed by atoms with E-state index in [4.69, 9.17) is 10.00 Å². The molecule has 1 unspecified atom stereocenters. The van der Waals surface area contributed by atoms with Crippen LogP contribution < -0.4 is 4.74 Å². The number of halogens is 1. The lowest BCUT2D eigenvalue weighted by Gasteiger charge is -2.23. The van der Waals surface area contributed by atoms with Crippen LogP contribution in [0.4, 0.5) is 0 Å². The molecule has 1 saturated heterocycles. The van der Waals surface area contributed by atoms with Crippen LogP contribution in [0.2, 0.25) is 0 Å². The molecule has 1 atom stereocenters. The number of nitrogens with zero attached hydrogens (tertiary/aromatic N) is 2. The number of nitriles is 1. The summed E-state index contributed by atoms with van der Waals surface area (Å²) in [6.45, 7) is 5.24. The largest absolute Gasteiger partial charge is 0.491 e. The molecule has 0 aliphatic carbocycles. The van der Waals surface area contributed by atoms with E-state index in [-0.39, 0.29) is 0 Å². The lowest BCUT2D eigenvalue weighted by atomic mass is 10.2. The van der Waals surface area contributed by atoms with E-state index in [1.54, 1.807) is 12.1 Å². The van der Waals surface area contributed by atoms with Gasteiger partial charge in [-0.25, -0.2) is 0 Å². The summed E-state index contributed by atoms with van der Waals surface area (Å²) >= 11 is 3.43. The number of ether oxygens (including phenoxy) is 1. The minimum absolute atomic E-state index is 0.440. The van der Waals surface area contributed by atoms with E-state index in [2.05, 4.69) is 33.8 Å². The Morgan fingerprint density at radius 1 is 1.44 bits per heavy atom. The molecule has 1 aromatic carbocycles. The van der Waals surface area contributed by atoms with Crippen LogP contribution in [0, 0.1) is 11.3 Å². The fourth-order valence-corrected chi connectivity index (χ4v) is 2.68. The molecule has 96 valence electrons. The van der Waals surface area contributed by atoms with Crippen molar-refractivity contribution in [2.75, 3.05) is 19.7 Å². The summed E-state index contributed by atoms with van der Waals surface area (Å²) in [4.78, 5) is 2.46. The van der Waals surface area contributed by atoms with Gasteiger partial charge >= 0.3 is 0 Å². The molecule has 1 aromatic rings. The smallest absolute Gasteiger partial charge is 0.133 e. The molecule has 1 aliphatic rings. The van der Waals surface area contributed by atoms with E-state index >= 15 is 0 Å². The van der Waals surface area contributed by atoms with E-state index in [0.717, 1.165) is 10.2 Å². The predicted octanol–water partition coefficient (Wildman–Crippen LogP) is 3.18. The number of benzene rings is 1. The average Bonchev–Trinajstić information content (AvgIpc) is 2.90. The summed E-state index contributed by atoms with van der Waals surface area (Å²) < 4.78 is 6.66. The third-order valence-electron chi connectivity index (χ3n) is 3.31. The fraction of sp³-hybridized carbons (Fsp3) is 0.500. The second-order valence-electron chi connectivity index (χ2n) is 4.66. The number of likely N-dealkylation sites (tertiary alicyclic amines) is 1. The summed E-state index contributed by atoms with van der Waals surface area (Å²) in [6.07, 6.45) is 2.59. The third-order valence-corrected chi connectivity index (χ3v) is 3.92.